The Balaban J connectivity index is 0.000000113. The highest BCUT2D eigenvalue weighted by Crippen LogP contribution is 2.43. The van der Waals surface area contributed by atoms with E-state index in [1.165, 1.54) is 54.6 Å². The lowest BCUT2D eigenvalue weighted by Gasteiger charge is -2.17. The Kier molecular flexibility index (Phi) is 26.2. The number of imidazole rings is 6. The number of Topliss-reactive ketones (excluding diaryl/α,β-unsaturated/α-hetero) is 12. The Hall–Kier alpha value is -18.2. The third-order valence-electron chi connectivity index (χ3n) is 24.3. The molecule has 9 aromatic heterocycles. The van der Waals surface area contributed by atoms with Gasteiger partial charge in [-0.3, -0.25) is 72.5 Å². The van der Waals surface area contributed by atoms with Crippen molar-refractivity contribution in [3.8, 4) is 79.0 Å². The van der Waals surface area contributed by atoms with Crippen LogP contribution in [0.3, 0.4) is 0 Å². The molecule has 0 saturated carbocycles. The number of aromatic amines is 2. The molecule has 29 nitrogen and oxygen atoms in total. The van der Waals surface area contributed by atoms with E-state index in [4.69, 9.17) is 24.4 Å². The van der Waals surface area contributed by atoms with Crippen molar-refractivity contribution in [3.63, 3.8) is 0 Å². The highest BCUT2D eigenvalue weighted by molar-refractivity contribution is 6.55. The molecule has 0 aliphatic heterocycles. The standard InChI is InChI=1S/3C20H17N3O2.C19H13FN2O3.C18H11FN2O3.C13H8F2N2O2/c1-12(2)20-22-16-14-8-3-4-9-15(14)18(24)19(25)17(16)23(20)11-13-7-5-6-10-21-13;1-12(2)20-22-16-14-7-3-4-8-15(14)18(24)19(25)17(16)23(20)11-13-6-5-9-21-10-13;1-12(2)20-22-16-14-5-3-4-6-15(14)18(24)19(25)17(16)23(20)11-13-7-9-21-10-8-13;1-22-15(10-25-12-8-6-11(20)7-9-12)21-16-13-4-2-3-5-14(13)18(23)19(24)17(16)22;19-10-5-7-11(8-6-10)24-9-14-20-15-12-3-1-2-4-13(12)17(22)18(23)16(15)21-14;1-13(14,15)12-16-8-6-4-2-3-5-7(6)10(18)11(19)9(8)17-12/h3*3-10,12H,11H2,1-2H3;2-9H,10H2,1H3;1-8H,9H2,(H,20,21);2-5H,1H3,(H,16,17). The number of ketones is 12. The van der Waals surface area contributed by atoms with Crippen molar-refractivity contribution in [2.24, 2.45) is 7.05 Å². The molecule has 0 fully saturated rings. The SMILES string of the molecule is CC(C)c1nc2c(n1Cc1ccccn1)C(=O)C(=O)c1ccccc1-2.CC(C)c1nc2c(n1Cc1cccnc1)C(=O)C(=O)c1ccccc1-2.CC(C)c1nc2c(n1Cc1ccncc1)C(=O)C(=O)c1ccccc1-2.CC(F)(F)c1nc2c([nH]1)C(=O)C(=O)c1ccccc1-2.Cn1c(COc2ccc(F)cc2)nc2c1C(=O)C(=O)c1ccccc1-2.O=C1C(=O)c2[nH]c(COc3ccc(F)cc3)nc2-c2ccccc21. The van der Waals surface area contributed by atoms with E-state index in [2.05, 4.69) is 39.9 Å². The molecule has 0 unspecified atom stereocenters. The Labute approximate surface area is 812 Å². The molecule has 23 rings (SSSR count). The van der Waals surface area contributed by atoms with E-state index in [1.54, 1.807) is 146 Å². The fraction of sp³-hybridized carbons (Fsp3) is 0.155. The van der Waals surface area contributed by atoms with Gasteiger partial charge in [-0.25, -0.2) is 38.7 Å². The van der Waals surface area contributed by atoms with Gasteiger partial charge in [0.25, 0.3) is 34.7 Å². The molecule has 710 valence electrons. The third kappa shape index (κ3) is 18.4. The Morgan fingerprint density at radius 2 is 0.671 bits per heavy atom. The van der Waals surface area contributed by atoms with Crippen LogP contribution in [0.2, 0.25) is 0 Å². The number of H-pyrrole nitrogens is 2. The number of benzene rings is 8. The van der Waals surface area contributed by atoms with E-state index >= 15 is 0 Å². The predicted octanol–water partition coefficient (Wildman–Crippen LogP) is 19.4. The summed E-state index contributed by atoms with van der Waals surface area (Å²) in [7, 11) is 1.67. The number of hydrogen-bond donors (Lipinski definition) is 2. The van der Waals surface area contributed by atoms with Crippen LogP contribution in [0.1, 0.15) is 243 Å². The molecule has 8 aromatic carbocycles. The van der Waals surface area contributed by atoms with E-state index < -0.39 is 81.1 Å². The highest BCUT2D eigenvalue weighted by atomic mass is 19.3. The summed E-state index contributed by atoms with van der Waals surface area (Å²) in [6.45, 7) is 14.4. The van der Waals surface area contributed by atoms with E-state index in [9.17, 15) is 75.1 Å². The molecule has 9 heterocycles. The number of nitrogens with zero attached hydrogens (tertiary/aromatic N) is 13. The summed E-state index contributed by atoms with van der Waals surface area (Å²) in [5.41, 5.74) is 13.1. The lowest BCUT2D eigenvalue weighted by molar-refractivity contribution is 0.00852. The van der Waals surface area contributed by atoms with Gasteiger partial charge in [0.1, 0.15) is 134 Å². The minimum atomic E-state index is -3.20. The summed E-state index contributed by atoms with van der Waals surface area (Å²) in [6.07, 6.45) is 8.63. The largest absolute Gasteiger partial charge is 0.486 e. The van der Waals surface area contributed by atoms with E-state index in [-0.39, 0.29) is 70.9 Å². The Morgan fingerprint density at radius 3 is 1.06 bits per heavy atom. The smallest absolute Gasteiger partial charge is 0.301 e. The summed E-state index contributed by atoms with van der Waals surface area (Å²) in [5.74, 6) is -6.54. The number of pyridine rings is 3. The molecule has 0 radical (unpaired) electrons. The lowest BCUT2D eigenvalue weighted by Crippen LogP contribution is -2.25. The molecule has 0 spiro atoms. The molecule has 17 aromatic rings. The number of carbonyl (C=O) groups excluding carboxylic acids is 12. The molecule has 0 bridgehead atoms. The quantitative estimate of drug-likeness (QED) is 0.0670. The maximum atomic E-state index is 13.3. The predicted molar refractivity (Wildman–Crippen MR) is 515 cm³/mol. The van der Waals surface area contributed by atoms with Crippen molar-refractivity contribution < 1.29 is 84.6 Å². The van der Waals surface area contributed by atoms with Crippen LogP contribution in [0.4, 0.5) is 17.6 Å². The van der Waals surface area contributed by atoms with Gasteiger partial charge in [0.05, 0.1) is 18.8 Å². The maximum absolute atomic E-state index is 13.3. The summed E-state index contributed by atoms with van der Waals surface area (Å²) in [6, 6.07) is 66.1. The van der Waals surface area contributed by atoms with Gasteiger partial charge < -0.3 is 37.7 Å². The number of alkyl halides is 2. The topological polar surface area (TPSA) is 391 Å². The number of rotatable bonds is 16. The van der Waals surface area contributed by atoms with E-state index in [0.717, 1.165) is 51.0 Å². The second-order valence-corrected chi connectivity index (χ2v) is 34.9. The number of carbonyl (C=O) groups is 12. The van der Waals surface area contributed by atoms with Gasteiger partial charge in [0.15, 0.2) is 5.82 Å². The van der Waals surface area contributed by atoms with Crippen molar-refractivity contribution in [2.75, 3.05) is 0 Å². The molecule has 143 heavy (non-hydrogen) atoms. The van der Waals surface area contributed by atoms with Gasteiger partial charge in [-0.15, -0.1) is 0 Å². The summed E-state index contributed by atoms with van der Waals surface area (Å²) in [5, 5.41) is 0. The van der Waals surface area contributed by atoms with Crippen LogP contribution in [0.15, 0.2) is 268 Å². The molecule has 33 heteroatoms. The zero-order valence-electron chi connectivity index (χ0n) is 77.7. The van der Waals surface area contributed by atoms with Crippen molar-refractivity contribution in [1.82, 2.24) is 73.1 Å². The van der Waals surface area contributed by atoms with Gasteiger partial charge in [-0.1, -0.05) is 199 Å². The third-order valence-corrected chi connectivity index (χ3v) is 24.3. The average Bonchev–Trinajstić information content (AvgIpc) is 1.59. The van der Waals surface area contributed by atoms with Crippen LogP contribution in [0.25, 0.3) is 67.5 Å². The van der Waals surface area contributed by atoms with Crippen molar-refractivity contribution in [1.29, 1.82) is 0 Å². The number of hydrogen-bond acceptors (Lipinski definition) is 23. The second-order valence-electron chi connectivity index (χ2n) is 34.9. The number of fused-ring (bicyclic) bond motifs is 18. The van der Waals surface area contributed by atoms with Gasteiger partial charge >= 0.3 is 5.92 Å². The Morgan fingerprint density at radius 1 is 0.322 bits per heavy atom. The maximum Gasteiger partial charge on any atom is 0.301 e. The monoisotopic (exact) mass is 1910 g/mol. The first kappa shape index (κ1) is 95.2. The van der Waals surface area contributed by atoms with Crippen LogP contribution < -0.4 is 9.47 Å². The molecular formula is C110H83F4N15O14. The first-order chi connectivity index (χ1) is 68.8. The molecule has 6 aliphatic rings. The van der Waals surface area contributed by atoms with Gasteiger partial charge in [0, 0.05) is 136 Å². The van der Waals surface area contributed by atoms with E-state index in [1.807, 2.05) is 134 Å². The Bertz CT molecular complexity index is 7680. The molecule has 2 N–H and O–H groups in total. The summed E-state index contributed by atoms with van der Waals surface area (Å²) < 4.78 is 70.6. The molecule has 0 atom stereocenters. The normalized spacial score (nSPS) is 13.1. The molecule has 0 saturated heterocycles. The second kappa shape index (κ2) is 39.4. The zero-order chi connectivity index (χ0) is 101. The van der Waals surface area contributed by atoms with Crippen LogP contribution in [-0.4, -0.2) is 142 Å². The zero-order valence-corrected chi connectivity index (χ0v) is 77.7. The average molecular weight is 1910 g/mol. The molecule has 6 aliphatic carbocycles. The number of halogens is 4. The number of nitrogens with one attached hydrogen (secondary N) is 2. The number of aromatic nitrogens is 15. The van der Waals surface area contributed by atoms with Crippen LogP contribution in [0, 0.1) is 11.6 Å². The first-order valence-corrected chi connectivity index (χ1v) is 45.3. The van der Waals surface area contributed by atoms with Gasteiger partial charge in [0.2, 0.25) is 34.7 Å². The lowest BCUT2D eigenvalue weighted by atomic mass is 9.90. The first-order valence-electron chi connectivity index (χ1n) is 45.3. The van der Waals surface area contributed by atoms with Gasteiger partial charge in [-0.05, 0) is 90.0 Å². The van der Waals surface area contributed by atoms with Crippen molar-refractivity contribution in [2.45, 2.75) is 105 Å². The van der Waals surface area contributed by atoms with Crippen LogP contribution in [0.5, 0.6) is 11.5 Å². The van der Waals surface area contributed by atoms with Gasteiger partial charge in [-0.2, -0.15) is 8.78 Å². The number of ether oxygens (including phenoxy) is 2. The van der Waals surface area contributed by atoms with Crippen LogP contribution >= 0.6 is 0 Å². The van der Waals surface area contributed by atoms with E-state index in [0.29, 0.717) is 140 Å². The highest BCUT2D eigenvalue weighted by Gasteiger charge is 2.43. The molecular weight excluding hydrogens is 1830 g/mol. The van der Waals surface area contributed by atoms with Crippen molar-refractivity contribution in [3.05, 3.63) is 399 Å². The van der Waals surface area contributed by atoms with Crippen molar-refractivity contribution >= 4 is 69.4 Å². The molecule has 0 amide bonds. The fourth-order valence-corrected chi connectivity index (χ4v) is 17.5. The summed E-state index contributed by atoms with van der Waals surface area (Å²) >= 11 is 0. The van der Waals surface area contributed by atoms with Crippen LogP contribution in [-0.2, 0) is 45.8 Å². The fourth-order valence-electron chi connectivity index (χ4n) is 17.5. The minimum Gasteiger partial charge on any atom is -0.486 e. The summed E-state index contributed by atoms with van der Waals surface area (Å²) in [4.78, 5) is 193. The minimum absolute atomic E-state index is 0.0717.